The fourth-order valence-corrected chi connectivity index (χ4v) is 4.33. The smallest absolute Gasteiger partial charge is 0.0461 e. The van der Waals surface area contributed by atoms with E-state index in [0.717, 1.165) is 45.3 Å². The lowest BCUT2D eigenvalue weighted by Crippen LogP contribution is -2.19. The van der Waals surface area contributed by atoms with Gasteiger partial charge in [0.1, 0.15) is 0 Å². The number of hydrogen-bond acceptors (Lipinski definition) is 2. The molecular formula is C41H44N2. The van der Waals surface area contributed by atoms with Gasteiger partial charge in [-0.15, -0.1) is 0 Å². The molecule has 0 aromatic heterocycles. The summed E-state index contributed by atoms with van der Waals surface area (Å²) in [6, 6.07) is 20.5. The zero-order valence-corrected chi connectivity index (χ0v) is 25.9. The molecule has 0 radical (unpaired) electrons. The SMILES string of the molecule is C=C/C=C\C(=C/C=C)N(/C(C)=C/C=C(C=C)/C(C)=C/C=C(\C=C)N(C(/C=C\C)=C/C=C)c1ccccc1)c1ccccc1. The summed E-state index contributed by atoms with van der Waals surface area (Å²) in [5, 5.41) is 0. The van der Waals surface area contributed by atoms with Gasteiger partial charge in [-0.3, -0.25) is 0 Å². The molecule has 218 valence electrons. The van der Waals surface area contributed by atoms with Gasteiger partial charge >= 0.3 is 0 Å². The predicted octanol–water partition coefficient (Wildman–Crippen LogP) is 11.5. The Morgan fingerprint density at radius 1 is 0.558 bits per heavy atom. The van der Waals surface area contributed by atoms with Crippen molar-refractivity contribution < 1.29 is 0 Å². The molecule has 0 aliphatic carbocycles. The molecule has 0 aliphatic rings. The highest BCUT2D eigenvalue weighted by atomic mass is 15.2. The van der Waals surface area contributed by atoms with Crippen molar-refractivity contribution >= 4 is 11.4 Å². The maximum Gasteiger partial charge on any atom is 0.0461 e. The number of anilines is 2. The second kappa shape index (κ2) is 18.9. The first-order valence-corrected chi connectivity index (χ1v) is 14.3. The van der Waals surface area contributed by atoms with Crippen LogP contribution in [0.3, 0.4) is 0 Å². The van der Waals surface area contributed by atoms with Gasteiger partial charge in [-0.25, -0.2) is 0 Å². The topological polar surface area (TPSA) is 6.48 Å². The second-order valence-corrected chi connectivity index (χ2v) is 9.37. The van der Waals surface area contributed by atoms with E-state index in [9.17, 15) is 0 Å². The first-order valence-electron chi connectivity index (χ1n) is 14.3. The Morgan fingerprint density at radius 3 is 1.60 bits per heavy atom. The average molecular weight is 565 g/mol. The van der Waals surface area contributed by atoms with Crippen molar-refractivity contribution in [3.8, 4) is 0 Å². The van der Waals surface area contributed by atoms with E-state index in [1.165, 1.54) is 0 Å². The predicted molar refractivity (Wildman–Crippen MR) is 193 cm³/mol. The van der Waals surface area contributed by atoms with E-state index < -0.39 is 0 Å². The minimum atomic E-state index is 0.926. The van der Waals surface area contributed by atoms with Crippen LogP contribution >= 0.6 is 0 Å². The Balaban J connectivity index is 2.59. The molecule has 2 aromatic rings. The molecule has 0 bridgehead atoms. The van der Waals surface area contributed by atoms with Crippen LogP contribution in [0.25, 0.3) is 0 Å². The Labute approximate surface area is 260 Å². The summed E-state index contributed by atoms with van der Waals surface area (Å²) in [5.74, 6) is 0. The molecule has 0 saturated carbocycles. The molecule has 0 saturated heterocycles. The summed E-state index contributed by atoms with van der Waals surface area (Å²) in [6.07, 6.45) is 29.4. The van der Waals surface area contributed by atoms with Crippen molar-refractivity contribution in [3.05, 3.63) is 219 Å². The maximum absolute atomic E-state index is 4.12. The molecule has 0 N–H and O–H groups in total. The molecule has 2 rings (SSSR count). The first-order chi connectivity index (χ1) is 20.9. The lowest BCUT2D eigenvalue weighted by molar-refractivity contribution is 1.10. The summed E-state index contributed by atoms with van der Waals surface area (Å²) < 4.78 is 0. The Kier molecular flexibility index (Phi) is 14.9. The standard InChI is InChI=1S/C41H44N2/c1-9-15-25-39(24-12-4)42(40-26-18-16-19-27-40)35(8)31-32-36(13-5)34(7)30-33-37(14-6)43(38(22-10-2)23-11-3)41-28-20-17-21-29-41/h9-33H,1-2,4-6H2,3,7-8H3/b23-11-,25-15-,34-30+,35-31+,36-32+,37-33+,38-22+,39-24+. The van der Waals surface area contributed by atoms with Crippen LogP contribution in [0.1, 0.15) is 20.8 Å². The molecule has 0 aliphatic heterocycles. The molecule has 43 heavy (non-hydrogen) atoms. The minimum Gasteiger partial charge on any atom is -0.315 e. The molecule has 2 nitrogen and oxygen atoms in total. The van der Waals surface area contributed by atoms with Crippen molar-refractivity contribution in [1.82, 2.24) is 0 Å². The molecule has 0 amide bonds. The van der Waals surface area contributed by atoms with E-state index in [4.69, 9.17) is 0 Å². The van der Waals surface area contributed by atoms with Crippen LogP contribution in [0.5, 0.6) is 0 Å². The highest BCUT2D eigenvalue weighted by molar-refractivity contribution is 5.64. The van der Waals surface area contributed by atoms with E-state index >= 15 is 0 Å². The molecule has 0 unspecified atom stereocenters. The summed E-state index contributed by atoms with van der Waals surface area (Å²) in [7, 11) is 0. The maximum atomic E-state index is 4.12. The minimum absolute atomic E-state index is 0.926. The third-order valence-electron chi connectivity index (χ3n) is 6.37. The van der Waals surface area contributed by atoms with Crippen LogP contribution in [0.4, 0.5) is 11.4 Å². The van der Waals surface area contributed by atoms with Gasteiger partial charge in [-0.05, 0) is 98.7 Å². The zero-order chi connectivity index (χ0) is 31.5. The highest BCUT2D eigenvalue weighted by Gasteiger charge is 2.13. The van der Waals surface area contributed by atoms with Crippen LogP contribution in [0.2, 0.25) is 0 Å². The van der Waals surface area contributed by atoms with Crippen LogP contribution in [-0.4, -0.2) is 0 Å². The van der Waals surface area contributed by atoms with E-state index in [2.05, 4.69) is 111 Å². The normalized spacial score (nSPS) is 13.7. The van der Waals surface area contributed by atoms with Gasteiger partial charge in [0, 0.05) is 34.2 Å². The molecule has 0 atom stereocenters. The third-order valence-corrected chi connectivity index (χ3v) is 6.37. The van der Waals surface area contributed by atoms with Gasteiger partial charge < -0.3 is 9.80 Å². The lowest BCUT2D eigenvalue weighted by atomic mass is 10.1. The van der Waals surface area contributed by atoms with Crippen LogP contribution in [0, 0.1) is 0 Å². The van der Waals surface area contributed by atoms with Gasteiger partial charge in [-0.2, -0.15) is 0 Å². The largest absolute Gasteiger partial charge is 0.315 e. The zero-order valence-electron chi connectivity index (χ0n) is 25.9. The summed E-state index contributed by atoms with van der Waals surface area (Å²) in [6.45, 7) is 26.1. The fraction of sp³-hybridized carbons (Fsp3) is 0.0732. The summed E-state index contributed by atoms with van der Waals surface area (Å²) >= 11 is 0. The van der Waals surface area contributed by atoms with Gasteiger partial charge in [0.05, 0.1) is 0 Å². The van der Waals surface area contributed by atoms with Crippen molar-refractivity contribution in [2.75, 3.05) is 9.80 Å². The molecular weight excluding hydrogens is 520 g/mol. The Hall–Kier alpha value is -5.34. The number of nitrogens with zero attached hydrogens (tertiary/aromatic N) is 2. The van der Waals surface area contributed by atoms with Crippen LogP contribution < -0.4 is 9.80 Å². The monoisotopic (exact) mass is 564 g/mol. The lowest BCUT2D eigenvalue weighted by Gasteiger charge is -2.27. The second-order valence-electron chi connectivity index (χ2n) is 9.37. The van der Waals surface area contributed by atoms with Crippen molar-refractivity contribution in [2.24, 2.45) is 0 Å². The van der Waals surface area contributed by atoms with Gasteiger partial charge in [0.15, 0.2) is 0 Å². The number of hydrogen-bond donors (Lipinski definition) is 0. The molecule has 0 spiro atoms. The quantitative estimate of drug-likeness (QED) is 0.187. The van der Waals surface area contributed by atoms with E-state index in [-0.39, 0.29) is 0 Å². The summed E-state index contributed by atoms with van der Waals surface area (Å²) in [4.78, 5) is 4.34. The number of allylic oxidation sites excluding steroid dienone is 18. The van der Waals surface area contributed by atoms with Crippen LogP contribution in [-0.2, 0) is 0 Å². The highest BCUT2D eigenvalue weighted by Crippen LogP contribution is 2.28. The van der Waals surface area contributed by atoms with Crippen molar-refractivity contribution in [1.29, 1.82) is 0 Å². The molecule has 2 aromatic carbocycles. The average Bonchev–Trinajstić information content (AvgIpc) is 3.03. The molecule has 0 heterocycles. The van der Waals surface area contributed by atoms with E-state index in [1.54, 1.807) is 18.2 Å². The number of benzene rings is 2. The van der Waals surface area contributed by atoms with Crippen molar-refractivity contribution in [2.45, 2.75) is 20.8 Å². The van der Waals surface area contributed by atoms with Gasteiger partial charge in [0.25, 0.3) is 0 Å². The van der Waals surface area contributed by atoms with E-state index in [0.29, 0.717) is 0 Å². The Bertz CT molecular complexity index is 1500. The first kappa shape index (κ1) is 33.9. The van der Waals surface area contributed by atoms with Crippen LogP contribution in [0.15, 0.2) is 219 Å². The fourth-order valence-electron chi connectivity index (χ4n) is 4.33. The number of rotatable bonds is 16. The van der Waals surface area contributed by atoms with Gasteiger partial charge in [0.2, 0.25) is 0 Å². The molecule has 0 fully saturated rings. The summed E-state index contributed by atoms with van der Waals surface area (Å²) in [5.41, 5.74) is 8.05. The number of para-hydroxylation sites is 2. The Morgan fingerprint density at radius 2 is 1.12 bits per heavy atom. The van der Waals surface area contributed by atoms with Gasteiger partial charge in [-0.1, -0.05) is 118 Å². The van der Waals surface area contributed by atoms with E-state index in [1.807, 2.05) is 85.9 Å². The van der Waals surface area contributed by atoms with Crippen molar-refractivity contribution in [3.63, 3.8) is 0 Å². The third kappa shape index (κ3) is 10.2. The molecule has 2 heteroatoms.